The average Bonchev–Trinajstić information content (AvgIpc) is 2.72. The molecule has 0 spiro atoms. The average molecular weight is 400 g/mol. The van der Waals surface area contributed by atoms with Crippen molar-refractivity contribution < 1.29 is 27.4 Å². The summed E-state index contributed by atoms with van der Waals surface area (Å²) < 4.78 is 54.2. The lowest BCUT2D eigenvalue weighted by Crippen LogP contribution is -2.05. The fourth-order valence-electron chi connectivity index (χ4n) is 2.99. The highest BCUT2D eigenvalue weighted by Gasteiger charge is 2.22. The molecule has 2 aromatic carbocycles. The standard InChI is InChI=1S/C23H19F3O3/c1-28-23(27)16-8-5-9-17(18(24)11-10-16)21-19(25)12-13-20(22(21)26)29-14-15-6-3-2-4-7-15/h2-4,6-8,10-13H,5,9,14H2,1H3. The molecule has 0 unspecified atom stereocenters. The van der Waals surface area contributed by atoms with Crippen LogP contribution in [0.15, 0.2) is 72.1 Å². The van der Waals surface area contributed by atoms with Crippen LogP contribution in [-0.2, 0) is 16.1 Å². The lowest BCUT2D eigenvalue weighted by atomic mass is 9.96. The minimum Gasteiger partial charge on any atom is -0.486 e. The van der Waals surface area contributed by atoms with Crippen LogP contribution in [0.1, 0.15) is 24.0 Å². The van der Waals surface area contributed by atoms with Crippen LogP contribution >= 0.6 is 0 Å². The molecular formula is C23H19F3O3. The number of allylic oxidation sites excluding steroid dienone is 4. The molecule has 3 nitrogen and oxygen atoms in total. The van der Waals surface area contributed by atoms with Crippen molar-refractivity contribution in [1.82, 2.24) is 0 Å². The lowest BCUT2D eigenvalue weighted by Gasteiger charge is -2.15. The molecule has 3 rings (SSSR count). The van der Waals surface area contributed by atoms with E-state index in [0.717, 1.165) is 17.7 Å². The monoisotopic (exact) mass is 400 g/mol. The predicted octanol–water partition coefficient (Wildman–Crippen LogP) is 5.67. The third kappa shape index (κ3) is 4.77. The van der Waals surface area contributed by atoms with E-state index in [1.54, 1.807) is 6.08 Å². The molecule has 0 N–H and O–H groups in total. The van der Waals surface area contributed by atoms with Gasteiger partial charge in [-0.1, -0.05) is 36.4 Å². The van der Waals surface area contributed by atoms with Gasteiger partial charge in [0.2, 0.25) is 0 Å². The van der Waals surface area contributed by atoms with E-state index in [1.165, 1.54) is 19.3 Å². The molecule has 0 amide bonds. The summed E-state index contributed by atoms with van der Waals surface area (Å²) in [7, 11) is 1.22. The number of benzene rings is 2. The molecule has 29 heavy (non-hydrogen) atoms. The number of hydrogen-bond donors (Lipinski definition) is 0. The summed E-state index contributed by atoms with van der Waals surface area (Å²) in [6, 6.07) is 11.4. The summed E-state index contributed by atoms with van der Waals surface area (Å²) in [5.41, 5.74) is 0.411. The van der Waals surface area contributed by atoms with Gasteiger partial charge < -0.3 is 9.47 Å². The van der Waals surface area contributed by atoms with E-state index in [9.17, 15) is 13.6 Å². The molecule has 0 aliphatic heterocycles. The molecular weight excluding hydrogens is 381 g/mol. The molecule has 2 aromatic rings. The Morgan fingerprint density at radius 3 is 2.52 bits per heavy atom. The van der Waals surface area contributed by atoms with Gasteiger partial charge in [-0.2, -0.15) is 0 Å². The van der Waals surface area contributed by atoms with E-state index in [1.807, 2.05) is 30.3 Å². The number of carbonyl (C=O) groups excluding carboxylic acids is 1. The number of halogens is 3. The molecule has 0 saturated heterocycles. The summed E-state index contributed by atoms with van der Waals surface area (Å²) >= 11 is 0. The number of rotatable bonds is 5. The summed E-state index contributed by atoms with van der Waals surface area (Å²) in [4.78, 5) is 11.6. The van der Waals surface area contributed by atoms with Crippen LogP contribution in [0.2, 0.25) is 0 Å². The van der Waals surface area contributed by atoms with Crippen molar-refractivity contribution in [2.24, 2.45) is 0 Å². The van der Waals surface area contributed by atoms with Gasteiger partial charge in [-0.25, -0.2) is 18.0 Å². The first-order valence-corrected chi connectivity index (χ1v) is 9.01. The Labute approximate surface area is 166 Å². The second-order valence-electron chi connectivity index (χ2n) is 6.36. The zero-order valence-corrected chi connectivity index (χ0v) is 15.8. The van der Waals surface area contributed by atoms with Gasteiger partial charge >= 0.3 is 5.97 Å². The molecule has 0 fully saturated rings. The van der Waals surface area contributed by atoms with Crippen molar-refractivity contribution in [3.63, 3.8) is 0 Å². The molecule has 0 radical (unpaired) electrons. The minimum absolute atomic E-state index is 0.00659. The summed E-state index contributed by atoms with van der Waals surface area (Å²) in [6.45, 7) is 0.0928. The normalized spacial score (nSPS) is 14.1. The van der Waals surface area contributed by atoms with E-state index in [2.05, 4.69) is 4.74 Å². The number of hydrogen-bond acceptors (Lipinski definition) is 3. The molecule has 0 saturated carbocycles. The van der Waals surface area contributed by atoms with Crippen LogP contribution in [0.25, 0.3) is 5.57 Å². The van der Waals surface area contributed by atoms with Crippen LogP contribution in [0.5, 0.6) is 5.75 Å². The van der Waals surface area contributed by atoms with Gasteiger partial charge in [0, 0.05) is 5.57 Å². The first kappa shape index (κ1) is 20.5. The molecule has 0 bridgehead atoms. The summed E-state index contributed by atoms with van der Waals surface area (Å²) in [6.07, 6.45) is 4.00. The first-order valence-electron chi connectivity index (χ1n) is 9.01. The Morgan fingerprint density at radius 1 is 1.03 bits per heavy atom. The van der Waals surface area contributed by atoms with E-state index in [0.29, 0.717) is 0 Å². The quantitative estimate of drug-likeness (QED) is 0.607. The number of ether oxygens (including phenoxy) is 2. The van der Waals surface area contributed by atoms with Gasteiger partial charge in [0.15, 0.2) is 11.6 Å². The molecule has 6 heteroatoms. The number of esters is 1. The predicted molar refractivity (Wildman–Crippen MR) is 104 cm³/mol. The van der Waals surface area contributed by atoms with Crippen LogP contribution in [-0.4, -0.2) is 13.1 Å². The largest absolute Gasteiger partial charge is 0.486 e. The van der Waals surface area contributed by atoms with E-state index >= 15 is 4.39 Å². The third-order valence-electron chi connectivity index (χ3n) is 4.47. The maximum atomic E-state index is 15.0. The van der Waals surface area contributed by atoms with Crippen molar-refractivity contribution in [2.75, 3.05) is 7.11 Å². The van der Waals surface area contributed by atoms with E-state index in [-0.39, 0.29) is 36.3 Å². The lowest BCUT2D eigenvalue weighted by molar-refractivity contribution is -0.135. The molecule has 0 heterocycles. The second kappa shape index (κ2) is 9.28. The fourth-order valence-corrected chi connectivity index (χ4v) is 2.99. The SMILES string of the molecule is COC(=O)C1=CCCC(c2c(F)ccc(OCc3ccccc3)c2F)=C(F)C=C1. The van der Waals surface area contributed by atoms with Gasteiger partial charge in [0.1, 0.15) is 18.3 Å². The Kier molecular flexibility index (Phi) is 6.54. The smallest absolute Gasteiger partial charge is 0.337 e. The number of carbonyl (C=O) groups is 1. The maximum absolute atomic E-state index is 15.0. The van der Waals surface area contributed by atoms with Crippen LogP contribution in [0.3, 0.4) is 0 Å². The topological polar surface area (TPSA) is 35.5 Å². The highest BCUT2D eigenvalue weighted by atomic mass is 19.1. The second-order valence-corrected chi connectivity index (χ2v) is 6.36. The zero-order chi connectivity index (χ0) is 20.8. The van der Waals surface area contributed by atoms with Gasteiger partial charge in [-0.05, 0) is 42.7 Å². The van der Waals surface area contributed by atoms with Gasteiger partial charge in [-0.3, -0.25) is 0 Å². The van der Waals surface area contributed by atoms with Crippen LogP contribution in [0.4, 0.5) is 13.2 Å². The third-order valence-corrected chi connectivity index (χ3v) is 4.47. The van der Waals surface area contributed by atoms with Crippen molar-refractivity contribution >= 4 is 11.5 Å². The Hall–Kier alpha value is -3.28. The molecule has 150 valence electrons. The molecule has 1 aliphatic rings. The Bertz CT molecular complexity index is 992. The van der Waals surface area contributed by atoms with Crippen molar-refractivity contribution in [1.29, 1.82) is 0 Å². The highest BCUT2D eigenvalue weighted by molar-refractivity contribution is 5.92. The van der Waals surface area contributed by atoms with Crippen LogP contribution in [0, 0.1) is 11.6 Å². The van der Waals surface area contributed by atoms with E-state index < -0.39 is 29.0 Å². The summed E-state index contributed by atoms with van der Waals surface area (Å²) in [5, 5.41) is 0. The number of methoxy groups -OCH3 is 1. The van der Waals surface area contributed by atoms with Crippen molar-refractivity contribution in [2.45, 2.75) is 19.4 Å². The molecule has 0 atom stereocenters. The fraction of sp³-hybridized carbons (Fsp3) is 0.174. The van der Waals surface area contributed by atoms with Gasteiger partial charge in [-0.15, -0.1) is 0 Å². The van der Waals surface area contributed by atoms with Gasteiger partial charge in [0.05, 0.1) is 18.2 Å². The van der Waals surface area contributed by atoms with Crippen LogP contribution < -0.4 is 4.74 Å². The van der Waals surface area contributed by atoms with Gasteiger partial charge in [0.25, 0.3) is 0 Å². The van der Waals surface area contributed by atoms with Crippen molar-refractivity contribution in [3.8, 4) is 5.75 Å². The van der Waals surface area contributed by atoms with E-state index in [4.69, 9.17) is 4.74 Å². The Balaban J connectivity index is 1.91. The minimum atomic E-state index is -0.961. The molecule has 0 aromatic heterocycles. The molecule has 1 aliphatic carbocycles. The van der Waals surface area contributed by atoms with Crippen molar-refractivity contribution in [3.05, 3.63) is 94.9 Å². The highest BCUT2D eigenvalue weighted by Crippen LogP contribution is 2.35. The summed E-state index contributed by atoms with van der Waals surface area (Å²) in [5.74, 6) is -3.44. The zero-order valence-electron chi connectivity index (χ0n) is 15.8. The maximum Gasteiger partial charge on any atom is 0.337 e. The Morgan fingerprint density at radius 2 is 1.79 bits per heavy atom. The first-order chi connectivity index (χ1) is 14.0.